The molecule has 100 valence electrons. The Labute approximate surface area is 113 Å². The van der Waals surface area contributed by atoms with E-state index in [0.29, 0.717) is 5.82 Å². The third-order valence-corrected chi connectivity index (χ3v) is 3.93. The Morgan fingerprint density at radius 2 is 1.89 bits per heavy atom. The molecule has 0 atom stereocenters. The minimum atomic E-state index is -0.0595. The molecule has 1 N–H and O–H groups in total. The van der Waals surface area contributed by atoms with Gasteiger partial charge in [-0.2, -0.15) is 0 Å². The van der Waals surface area contributed by atoms with Gasteiger partial charge in [0.25, 0.3) is 0 Å². The standard InChI is InChI=1S/C15H19N3O/c1-11(2)18-13(10-19)16-17-14(18)15(8-9-15)12-6-4-3-5-7-12/h3-7,11,19H,8-10H2,1-2H3. The van der Waals surface area contributed by atoms with Crippen molar-refractivity contribution in [2.45, 2.75) is 44.8 Å². The number of nitrogens with zero attached hydrogens (tertiary/aromatic N) is 3. The largest absolute Gasteiger partial charge is 0.388 e. The molecule has 1 heterocycles. The number of aliphatic hydroxyl groups is 1. The second-order valence-electron chi connectivity index (χ2n) is 5.51. The molecule has 19 heavy (non-hydrogen) atoms. The lowest BCUT2D eigenvalue weighted by Gasteiger charge is -2.20. The molecule has 0 radical (unpaired) electrons. The van der Waals surface area contributed by atoms with Crippen LogP contribution in [0.3, 0.4) is 0 Å². The summed E-state index contributed by atoms with van der Waals surface area (Å²) < 4.78 is 2.08. The number of aliphatic hydroxyl groups excluding tert-OH is 1. The first-order valence-electron chi connectivity index (χ1n) is 6.79. The quantitative estimate of drug-likeness (QED) is 0.915. The highest BCUT2D eigenvalue weighted by Gasteiger charge is 2.50. The number of hydrogen-bond donors (Lipinski definition) is 1. The number of benzene rings is 1. The highest BCUT2D eigenvalue weighted by Crippen LogP contribution is 2.53. The fraction of sp³-hybridized carbons (Fsp3) is 0.467. The third kappa shape index (κ3) is 1.87. The lowest BCUT2D eigenvalue weighted by molar-refractivity contribution is 0.261. The van der Waals surface area contributed by atoms with Crippen molar-refractivity contribution in [2.75, 3.05) is 0 Å². The molecule has 0 saturated heterocycles. The monoisotopic (exact) mass is 257 g/mol. The van der Waals surface area contributed by atoms with Gasteiger partial charge in [-0.3, -0.25) is 0 Å². The molecule has 0 unspecified atom stereocenters. The van der Waals surface area contributed by atoms with Crippen LogP contribution < -0.4 is 0 Å². The van der Waals surface area contributed by atoms with Crippen LogP contribution in [0, 0.1) is 0 Å². The van der Waals surface area contributed by atoms with Crippen LogP contribution in [0.25, 0.3) is 0 Å². The number of aromatic nitrogens is 3. The van der Waals surface area contributed by atoms with Gasteiger partial charge in [0.15, 0.2) is 5.82 Å². The van der Waals surface area contributed by atoms with E-state index in [4.69, 9.17) is 0 Å². The summed E-state index contributed by atoms with van der Waals surface area (Å²) in [6, 6.07) is 10.7. The normalized spacial score (nSPS) is 16.8. The predicted octanol–water partition coefficient (Wildman–Crippen LogP) is 2.43. The van der Waals surface area contributed by atoms with Crippen molar-refractivity contribution in [3.05, 3.63) is 47.5 Å². The summed E-state index contributed by atoms with van der Waals surface area (Å²) in [7, 11) is 0. The molecule has 0 bridgehead atoms. The fourth-order valence-electron chi connectivity index (χ4n) is 2.82. The minimum absolute atomic E-state index is 0.00590. The Morgan fingerprint density at radius 3 is 2.42 bits per heavy atom. The molecule has 4 nitrogen and oxygen atoms in total. The van der Waals surface area contributed by atoms with Crippen molar-refractivity contribution in [3.8, 4) is 0 Å². The summed E-state index contributed by atoms with van der Waals surface area (Å²) >= 11 is 0. The average molecular weight is 257 g/mol. The Bertz CT molecular complexity index is 570. The van der Waals surface area contributed by atoms with Crippen molar-refractivity contribution in [1.29, 1.82) is 0 Å². The van der Waals surface area contributed by atoms with Gasteiger partial charge in [0, 0.05) is 6.04 Å². The fourth-order valence-corrected chi connectivity index (χ4v) is 2.82. The maximum Gasteiger partial charge on any atom is 0.159 e. The van der Waals surface area contributed by atoms with E-state index in [9.17, 15) is 5.11 Å². The molecule has 0 spiro atoms. The van der Waals surface area contributed by atoms with E-state index in [1.54, 1.807) is 0 Å². The van der Waals surface area contributed by atoms with Crippen LogP contribution >= 0.6 is 0 Å². The molecule has 1 fully saturated rings. The van der Waals surface area contributed by atoms with Gasteiger partial charge in [-0.1, -0.05) is 30.3 Å². The van der Waals surface area contributed by atoms with E-state index in [1.165, 1.54) is 5.56 Å². The Hall–Kier alpha value is -1.68. The van der Waals surface area contributed by atoms with Crippen LogP contribution in [0.5, 0.6) is 0 Å². The van der Waals surface area contributed by atoms with Crippen molar-refractivity contribution >= 4 is 0 Å². The zero-order valence-electron chi connectivity index (χ0n) is 11.4. The van der Waals surface area contributed by atoms with Crippen LogP contribution in [0.15, 0.2) is 30.3 Å². The second-order valence-corrected chi connectivity index (χ2v) is 5.51. The molecular weight excluding hydrogens is 238 g/mol. The smallest absolute Gasteiger partial charge is 0.159 e. The van der Waals surface area contributed by atoms with Gasteiger partial charge >= 0.3 is 0 Å². The summed E-state index contributed by atoms with van der Waals surface area (Å²) in [6.45, 7) is 4.15. The van der Waals surface area contributed by atoms with Gasteiger partial charge in [-0.25, -0.2) is 0 Å². The Kier molecular flexibility index (Phi) is 2.90. The van der Waals surface area contributed by atoms with E-state index < -0.39 is 0 Å². The van der Waals surface area contributed by atoms with Gasteiger partial charge in [-0.15, -0.1) is 10.2 Å². The zero-order valence-corrected chi connectivity index (χ0v) is 11.4. The zero-order chi connectivity index (χ0) is 13.5. The molecule has 1 aliphatic carbocycles. The SMILES string of the molecule is CC(C)n1c(CO)nnc1C1(c2ccccc2)CC1. The highest BCUT2D eigenvalue weighted by molar-refractivity contribution is 5.39. The van der Waals surface area contributed by atoms with Crippen LogP contribution in [-0.2, 0) is 12.0 Å². The van der Waals surface area contributed by atoms with E-state index in [2.05, 4.69) is 52.9 Å². The van der Waals surface area contributed by atoms with Crippen LogP contribution in [0.1, 0.15) is 49.9 Å². The maximum absolute atomic E-state index is 9.41. The lowest BCUT2D eigenvalue weighted by atomic mass is 9.95. The molecule has 1 aliphatic rings. The average Bonchev–Trinajstić information content (AvgIpc) is 3.12. The van der Waals surface area contributed by atoms with Crippen LogP contribution in [-0.4, -0.2) is 19.9 Å². The molecule has 1 aromatic carbocycles. The molecule has 3 rings (SSSR count). The van der Waals surface area contributed by atoms with Crippen molar-refractivity contribution < 1.29 is 5.11 Å². The van der Waals surface area contributed by atoms with Crippen LogP contribution in [0.2, 0.25) is 0 Å². The van der Waals surface area contributed by atoms with Gasteiger partial charge in [-0.05, 0) is 32.3 Å². The summed E-state index contributed by atoms with van der Waals surface area (Å²) in [5, 5.41) is 17.9. The summed E-state index contributed by atoms with van der Waals surface area (Å²) in [6.07, 6.45) is 2.21. The molecular formula is C15H19N3O. The lowest BCUT2D eigenvalue weighted by Crippen LogP contribution is -2.19. The molecule has 0 amide bonds. The molecule has 4 heteroatoms. The van der Waals surface area contributed by atoms with E-state index in [0.717, 1.165) is 18.7 Å². The number of hydrogen-bond acceptors (Lipinski definition) is 3. The third-order valence-electron chi connectivity index (χ3n) is 3.93. The summed E-state index contributed by atoms with van der Waals surface area (Å²) in [5.41, 5.74) is 1.31. The topological polar surface area (TPSA) is 50.9 Å². The van der Waals surface area contributed by atoms with E-state index >= 15 is 0 Å². The predicted molar refractivity (Wildman–Crippen MR) is 72.8 cm³/mol. The van der Waals surface area contributed by atoms with Gasteiger partial charge in [0.1, 0.15) is 12.4 Å². The summed E-state index contributed by atoms with van der Waals surface area (Å²) in [5.74, 6) is 1.66. The molecule has 1 aromatic heterocycles. The molecule has 0 aliphatic heterocycles. The van der Waals surface area contributed by atoms with E-state index in [1.807, 2.05) is 6.07 Å². The van der Waals surface area contributed by atoms with E-state index in [-0.39, 0.29) is 18.1 Å². The molecule has 2 aromatic rings. The number of rotatable bonds is 4. The van der Waals surface area contributed by atoms with Crippen molar-refractivity contribution in [3.63, 3.8) is 0 Å². The minimum Gasteiger partial charge on any atom is -0.388 e. The first-order chi connectivity index (χ1) is 9.19. The summed E-state index contributed by atoms with van der Waals surface area (Å²) in [4.78, 5) is 0. The van der Waals surface area contributed by atoms with Crippen molar-refractivity contribution in [2.24, 2.45) is 0 Å². The molecule has 1 saturated carbocycles. The second kappa shape index (κ2) is 4.46. The Balaban J connectivity index is 2.10. The maximum atomic E-state index is 9.41. The van der Waals surface area contributed by atoms with Gasteiger partial charge < -0.3 is 9.67 Å². The van der Waals surface area contributed by atoms with Gasteiger partial charge in [0.2, 0.25) is 0 Å². The first-order valence-corrected chi connectivity index (χ1v) is 6.79. The van der Waals surface area contributed by atoms with Crippen LogP contribution in [0.4, 0.5) is 0 Å². The highest BCUT2D eigenvalue weighted by atomic mass is 16.3. The Morgan fingerprint density at radius 1 is 1.21 bits per heavy atom. The first kappa shape index (κ1) is 12.4. The van der Waals surface area contributed by atoms with Gasteiger partial charge in [0.05, 0.1) is 5.41 Å². The van der Waals surface area contributed by atoms with Crippen molar-refractivity contribution in [1.82, 2.24) is 14.8 Å².